The van der Waals surface area contributed by atoms with Crippen LogP contribution in [0.25, 0.3) is 0 Å². The molecule has 5 nitrogen and oxygen atoms in total. The first-order valence-corrected chi connectivity index (χ1v) is 6.88. The van der Waals surface area contributed by atoms with Crippen LogP contribution in [0.4, 0.5) is 17.3 Å². The van der Waals surface area contributed by atoms with E-state index in [9.17, 15) is 0 Å². The predicted molar refractivity (Wildman–Crippen MR) is 83.3 cm³/mol. The van der Waals surface area contributed by atoms with Crippen LogP contribution >= 0.6 is 11.6 Å². The van der Waals surface area contributed by atoms with Crippen molar-refractivity contribution >= 4 is 28.9 Å². The highest BCUT2D eigenvalue weighted by molar-refractivity contribution is 6.31. The SMILES string of the molecule is CCCc1nc(NN)cc(Nc2cccc(Cl)c2C)n1. The number of rotatable bonds is 5. The molecule has 0 aliphatic heterocycles. The van der Waals surface area contributed by atoms with Crippen molar-refractivity contribution in [1.82, 2.24) is 9.97 Å². The number of nitrogens with two attached hydrogens (primary N) is 1. The summed E-state index contributed by atoms with van der Waals surface area (Å²) >= 11 is 6.11. The molecule has 0 saturated carbocycles. The second kappa shape index (κ2) is 6.54. The summed E-state index contributed by atoms with van der Waals surface area (Å²) in [5.41, 5.74) is 4.46. The summed E-state index contributed by atoms with van der Waals surface area (Å²) in [5.74, 6) is 7.48. The molecule has 0 aliphatic carbocycles. The Bertz CT molecular complexity index is 600. The fourth-order valence-electron chi connectivity index (χ4n) is 1.85. The lowest BCUT2D eigenvalue weighted by Crippen LogP contribution is -2.11. The van der Waals surface area contributed by atoms with E-state index in [1.807, 2.05) is 25.1 Å². The van der Waals surface area contributed by atoms with E-state index >= 15 is 0 Å². The molecule has 20 heavy (non-hydrogen) atoms. The molecule has 0 unspecified atom stereocenters. The quantitative estimate of drug-likeness (QED) is 0.581. The van der Waals surface area contributed by atoms with Crippen LogP contribution in [0.5, 0.6) is 0 Å². The molecule has 0 atom stereocenters. The molecule has 106 valence electrons. The second-order valence-corrected chi connectivity index (χ2v) is 4.89. The van der Waals surface area contributed by atoms with Crippen molar-refractivity contribution in [2.75, 3.05) is 10.7 Å². The molecule has 0 aliphatic rings. The van der Waals surface area contributed by atoms with Crippen LogP contribution < -0.4 is 16.6 Å². The van der Waals surface area contributed by atoms with Crippen LogP contribution in [0.3, 0.4) is 0 Å². The molecule has 1 heterocycles. The van der Waals surface area contributed by atoms with E-state index in [4.69, 9.17) is 17.4 Å². The highest BCUT2D eigenvalue weighted by Crippen LogP contribution is 2.26. The minimum Gasteiger partial charge on any atom is -0.340 e. The Hall–Kier alpha value is -1.85. The number of hydrazine groups is 1. The van der Waals surface area contributed by atoms with Crippen LogP contribution in [0.2, 0.25) is 5.02 Å². The monoisotopic (exact) mass is 291 g/mol. The summed E-state index contributed by atoms with van der Waals surface area (Å²) in [6.45, 7) is 4.04. The van der Waals surface area contributed by atoms with Gasteiger partial charge in [0.25, 0.3) is 0 Å². The second-order valence-electron chi connectivity index (χ2n) is 4.49. The molecular formula is C14H18ClN5. The molecule has 2 rings (SSSR count). The maximum atomic E-state index is 6.11. The van der Waals surface area contributed by atoms with Gasteiger partial charge in [-0.1, -0.05) is 24.6 Å². The molecule has 0 spiro atoms. The Morgan fingerprint density at radius 1 is 1.25 bits per heavy atom. The Morgan fingerprint density at radius 2 is 2.00 bits per heavy atom. The van der Waals surface area contributed by atoms with E-state index in [1.54, 1.807) is 6.07 Å². The van der Waals surface area contributed by atoms with Gasteiger partial charge in [-0.3, -0.25) is 0 Å². The van der Waals surface area contributed by atoms with Gasteiger partial charge in [-0.25, -0.2) is 15.8 Å². The molecule has 2 aromatic rings. The molecular weight excluding hydrogens is 274 g/mol. The fraction of sp³-hybridized carbons (Fsp3) is 0.286. The smallest absolute Gasteiger partial charge is 0.145 e. The Labute approximate surface area is 123 Å². The van der Waals surface area contributed by atoms with E-state index in [1.165, 1.54) is 0 Å². The van der Waals surface area contributed by atoms with E-state index in [-0.39, 0.29) is 0 Å². The van der Waals surface area contributed by atoms with Crippen molar-refractivity contribution in [2.45, 2.75) is 26.7 Å². The summed E-state index contributed by atoms with van der Waals surface area (Å²) < 4.78 is 0. The van der Waals surface area contributed by atoms with Gasteiger partial charge in [0.15, 0.2) is 0 Å². The van der Waals surface area contributed by atoms with Gasteiger partial charge in [0.1, 0.15) is 17.5 Å². The maximum Gasteiger partial charge on any atom is 0.145 e. The van der Waals surface area contributed by atoms with Crippen molar-refractivity contribution in [1.29, 1.82) is 0 Å². The van der Waals surface area contributed by atoms with E-state index in [0.717, 1.165) is 34.9 Å². The molecule has 6 heteroatoms. The van der Waals surface area contributed by atoms with Crippen LogP contribution in [0.1, 0.15) is 24.7 Å². The number of nitrogens with one attached hydrogen (secondary N) is 2. The highest BCUT2D eigenvalue weighted by Gasteiger charge is 2.06. The molecule has 0 saturated heterocycles. The first kappa shape index (κ1) is 14.6. The summed E-state index contributed by atoms with van der Waals surface area (Å²) in [7, 11) is 0. The van der Waals surface area contributed by atoms with Crippen LogP contribution in [0.15, 0.2) is 24.3 Å². The zero-order chi connectivity index (χ0) is 14.5. The molecule has 0 bridgehead atoms. The lowest BCUT2D eigenvalue weighted by atomic mass is 10.2. The van der Waals surface area contributed by atoms with E-state index in [2.05, 4.69) is 27.6 Å². The summed E-state index contributed by atoms with van der Waals surface area (Å²) in [6, 6.07) is 7.48. The number of halogens is 1. The molecule has 0 radical (unpaired) electrons. The van der Waals surface area contributed by atoms with Crippen molar-refractivity contribution in [3.05, 3.63) is 40.7 Å². The van der Waals surface area contributed by atoms with Crippen LogP contribution in [-0.2, 0) is 6.42 Å². The van der Waals surface area contributed by atoms with Crippen molar-refractivity contribution in [2.24, 2.45) is 5.84 Å². The molecule has 1 aromatic heterocycles. The third kappa shape index (κ3) is 3.37. The average molecular weight is 292 g/mol. The summed E-state index contributed by atoms with van der Waals surface area (Å²) in [5, 5.41) is 3.97. The van der Waals surface area contributed by atoms with Crippen LogP contribution in [0, 0.1) is 6.92 Å². The maximum absolute atomic E-state index is 6.11. The molecule has 1 aromatic carbocycles. The number of hydrogen-bond acceptors (Lipinski definition) is 5. The Kier molecular flexibility index (Phi) is 4.76. The predicted octanol–water partition coefficient (Wildman–Crippen LogP) is 3.42. The largest absolute Gasteiger partial charge is 0.340 e. The zero-order valence-electron chi connectivity index (χ0n) is 11.6. The molecule has 0 amide bonds. The third-order valence-corrected chi connectivity index (χ3v) is 3.33. The lowest BCUT2D eigenvalue weighted by molar-refractivity contribution is 0.837. The third-order valence-electron chi connectivity index (χ3n) is 2.92. The number of aryl methyl sites for hydroxylation is 1. The van der Waals surface area contributed by atoms with Crippen LogP contribution in [-0.4, -0.2) is 9.97 Å². The van der Waals surface area contributed by atoms with Gasteiger partial charge in [-0.05, 0) is 31.0 Å². The number of anilines is 3. The van der Waals surface area contributed by atoms with E-state index < -0.39 is 0 Å². The van der Waals surface area contributed by atoms with Gasteiger partial charge in [-0.2, -0.15) is 0 Å². The zero-order valence-corrected chi connectivity index (χ0v) is 12.3. The number of benzene rings is 1. The summed E-state index contributed by atoms with van der Waals surface area (Å²) in [4.78, 5) is 8.79. The number of hydrogen-bond donors (Lipinski definition) is 3. The number of nitrogen functional groups attached to an aromatic ring is 1. The standard InChI is InChI=1S/C14H18ClN5/c1-3-5-12-18-13(8-14(19-12)20-16)17-11-7-4-6-10(15)9(11)2/h4,6-8H,3,5,16H2,1-2H3,(H2,17,18,19,20). The van der Waals surface area contributed by atoms with Crippen molar-refractivity contribution in [3.63, 3.8) is 0 Å². The van der Waals surface area contributed by atoms with Gasteiger partial charge in [0, 0.05) is 23.2 Å². The minimum absolute atomic E-state index is 0.589. The minimum atomic E-state index is 0.589. The molecule has 0 fully saturated rings. The van der Waals surface area contributed by atoms with Gasteiger partial charge in [-0.15, -0.1) is 0 Å². The van der Waals surface area contributed by atoms with Gasteiger partial charge in [0.2, 0.25) is 0 Å². The van der Waals surface area contributed by atoms with Gasteiger partial charge >= 0.3 is 0 Å². The van der Waals surface area contributed by atoms with Crippen molar-refractivity contribution < 1.29 is 0 Å². The lowest BCUT2D eigenvalue weighted by Gasteiger charge is -2.12. The number of aromatic nitrogens is 2. The number of nitrogens with zero attached hydrogens (tertiary/aromatic N) is 2. The first-order chi connectivity index (χ1) is 9.63. The molecule has 4 N–H and O–H groups in total. The van der Waals surface area contributed by atoms with Gasteiger partial charge < -0.3 is 10.7 Å². The normalized spacial score (nSPS) is 10.4. The Balaban J connectivity index is 2.32. The average Bonchev–Trinajstić information content (AvgIpc) is 2.44. The van der Waals surface area contributed by atoms with Gasteiger partial charge in [0.05, 0.1) is 0 Å². The topological polar surface area (TPSA) is 75.9 Å². The first-order valence-electron chi connectivity index (χ1n) is 6.50. The highest BCUT2D eigenvalue weighted by atomic mass is 35.5. The fourth-order valence-corrected chi connectivity index (χ4v) is 2.03. The van der Waals surface area contributed by atoms with Crippen molar-refractivity contribution in [3.8, 4) is 0 Å². The Morgan fingerprint density at radius 3 is 2.70 bits per heavy atom. The summed E-state index contributed by atoms with van der Waals surface area (Å²) in [6.07, 6.45) is 1.78. The van der Waals surface area contributed by atoms with E-state index in [0.29, 0.717) is 11.6 Å².